The highest BCUT2D eigenvalue weighted by Gasteiger charge is 2.05. The molecule has 1 aromatic heterocycles. The molecular weight excluding hydrogens is 172 g/mol. The fraction of sp³-hybridized carbons (Fsp3) is 0.143. The average Bonchev–Trinajstić information content (AvgIpc) is 2.59. The summed E-state index contributed by atoms with van der Waals surface area (Å²) in [7, 11) is 1.55. The molecule has 0 unspecified atom stereocenters. The SMILES string of the molecule is COC1=CC=c2nn/c(=C/O)n2N1. The number of aliphatic hydroxyl groups is 1. The van der Waals surface area contributed by atoms with Gasteiger partial charge in [0, 0.05) is 6.08 Å². The van der Waals surface area contributed by atoms with Crippen LogP contribution in [0.1, 0.15) is 0 Å². The molecular formula is C7H8N4O2. The number of ether oxygens (including phenoxy) is 1. The first-order chi connectivity index (χ1) is 6.35. The average molecular weight is 180 g/mol. The molecule has 2 N–H and O–H groups in total. The number of methoxy groups -OCH3 is 1. The van der Waals surface area contributed by atoms with Crippen molar-refractivity contribution in [2.45, 2.75) is 0 Å². The third-order valence-electron chi connectivity index (χ3n) is 1.65. The van der Waals surface area contributed by atoms with E-state index in [9.17, 15) is 0 Å². The summed E-state index contributed by atoms with van der Waals surface area (Å²) >= 11 is 0. The van der Waals surface area contributed by atoms with Gasteiger partial charge in [0.1, 0.15) is 6.26 Å². The highest BCUT2D eigenvalue weighted by Crippen LogP contribution is 1.93. The van der Waals surface area contributed by atoms with E-state index < -0.39 is 0 Å². The molecule has 0 bridgehead atoms. The van der Waals surface area contributed by atoms with Gasteiger partial charge in [0.25, 0.3) is 0 Å². The summed E-state index contributed by atoms with van der Waals surface area (Å²) in [6, 6.07) is 0. The van der Waals surface area contributed by atoms with E-state index in [1.165, 1.54) is 4.68 Å². The normalized spacial score (nSPS) is 15.5. The van der Waals surface area contributed by atoms with Crippen LogP contribution in [0.25, 0.3) is 12.3 Å². The van der Waals surface area contributed by atoms with Gasteiger partial charge in [-0.25, -0.2) is 4.68 Å². The fourth-order valence-electron chi connectivity index (χ4n) is 1.03. The van der Waals surface area contributed by atoms with Crippen LogP contribution in [0.2, 0.25) is 0 Å². The molecule has 0 saturated carbocycles. The predicted octanol–water partition coefficient (Wildman–Crippen LogP) is -1.60. The minimum atomic E-state index is 0.328. The Morgan fingerprint density at radius 3 is 3.08 bits per heavy atom. The van der Waals surface area contributed by atoms with Crippen molar-refractivity contribution in [2.75, 3.05) is 12.5 Å². The topological polar surface area (TPSA) is 72.2 Å². The van der Waals surface area contributed by atoms with Crippen LogP contribution >= 0.6 is 0 Å². The maximum Gasteiger partial charge on any atom is 0.210 e. The largest absolute Gasteiger partial charge is 0.512 e. The Morgan fingerprint density at radius 2 is 2.38 bits per heavy atom. The first-order valence-corrected chi connectivity index (χ1v) is 3.64. The van der Waals surface area contributed by atoms with Gasteiger partial charge in [0.15, 0.2) is 5.48 Å². The molecule has 0 amide bonds. The maximum absolute atomic E-state index is 8.78. The summed E-state index contributed by atoms with van der Waals surface area (Å²) in [5.41, 5.74) is 3.79. The molecule has 6 heteroatoms. The Kier molecular flexibility index (Phi) is 1.66. The number of aromatic nitrogens is 3. The molecule has 1 aliphatic heterocycles. The number of hydrogen-bond donors (Lipinski definition) is 2. The summed E-state index contributed by atoms with van der Waals surface area (Å²) in [5.74, 6) is 0.565. The molecule has 68 valence electrons. The molecule has 0 aromatic carbocycles. The van der Waals surface area contributed by atoms with Gasteiger partial charge >= 0.3 is 0 Å². The van der Waals surface area contributed by atoms with E-state index in [1.54, 1.807) is 19.3 Å². The van der Waals surface area contributed by atoms with E-state index in [4.69, 9.17) is 9.84 Å². The second kappa shape index (κ2) is 2.81. The molecule has 13 heavy (non-hydrogen) atoms. The monoisotopic (exact) mass is 180 g/mol. The van der Waals surface area contributed by atoms with Crippen molar-refractivity contribution in [1.29, 1.82) is 0 Å². The Morgan fingerprint density at radius 1 is 1.54 bits per heavy atom. The van der Waals surface area contributed by atoms with E-state index in [2.05, 4.69) is 15.6 Å². The predicted molar refractivity (Wildman–Crippen MR) is 45.3 cm³/mol. The molecule has 0 spiro atoms. The van der Waals surface area contributed by atoms with E-state index in [0.29, 0.717) is 16.8 Å². The Bertz CT molecular complexity index is 459. The number of fused-ring (bicyclic) bond motifs is 1. The summed E-state index contributed by atoms with van der Waals surface area (Å²) in [5, 5.41) is 16.3. The van der Waals surface area contributed by atoms with Gasteiger partial charge in [-0.2, -0.15) is 0 Å². The van der Waals surface area contributed by atoms with E-state index in [0.717, 1.165) is 6.26 Å². The molecule has 2 heterocycles. The molecule has 0 saturated heterocycles. The molecule has 0 atom stereocenters. The van der Waals surface area contributed by atoms with Gasteiger partial charge < -0.3 is 9.84 Å². The lowest BCUT2D eigenvalue weighted by atomic mass is 10.5. The van der Waals surface area contributed by atoms with Crippen LogP contribution in [0.4, 0.5) is 0 Å². The zero-order valence-electron chi connectivity index (χ0n) is 6.93. The van der Waals surface area contributed by atoms with Crippen LogP contribution < -0.4 is 16.4 Å². The lowest BCUT2D eigenvalue weighted by Gasteiger charge is -2.11. The molecule has 6 nitrogen and oxygen atoms in total. The van der Waals surface area contributed by atoms with Gasteiger partial charge in [0.2, 0.25) is 11.4 Å². The number of nitrogens with one attached hydrogen (secondary N) is 1. The van der Waals surface area contributed by atoms with E-state index in [1.807, 2.05) is 0 Å². The van der Waals surface area contributed by atoms with Crippen LogP contribution in [0.15, 0.2) is 12.0 Å². The first-order valence-electron chi connectivity index (χ1n) is 3.64. The lowest BCUT2D eigenvalue weighted by molar-refractivity contribution is 0.287. The van der Waals surface area contributed by atoms with E-state index >= 15 is 0 Å². The third-order valence-corrected chi connectivity index (χ3v) is 1.65. The molecule has 0 radical (unpaired) electrons. The van der Waals surface area contributed by atoms with Crippen molar-refractivity contribution < 1.29 is 9.84 Å². The minimum Gasteiger partial charge on any atom is -0.512 e. The van der Waals surface area contributed by atoms with Crippen LogP contribution in [0.3, 0.4) is 0 Å². The van der Waals surface area contributed by atoms with Gasteiger partial charge in [0.05, 0.1) is 7.11 Å². The molecule has 1 aliphatic rings. The molecule has 2 rings (SSSR count). The van der Waals surface area contributed by atoms with Crippen LogP contribution in [0, 0.1) is 0 Å². The fourth-order valence-corrected chi connectivity index (χ4v) is 1.03. The van der Waals surface area contributed by atoms with Crippen molar-refractivity contribution >= 4 is 12.3 Å². The zero-order chi connectivity index (χ0) is 9.26. The van der Waals surface area contributed by atoms with Gasteiger partial charge in [-0.05, 0) is 6.08 Å². The van der Waals surface area contributed by atoms with Gasteiger partial charge in [-0.1, -0.05) is 0 Å². The Labute approximate surface area is 73.4 Å². The highest BCUT2D eigenvalue weighted by molar-refractivity contribution is 5.38. The van der Waals surface area contributed by atoms with E-state index in [-0.39, 0.29) is 0 Å². The van der Waals surface area contributed by atoms with Crippen molar-refractivity contribution in [3.05, 3.63) is 22.9 Å². The number of nitrogens with zero attached hydrogens (tertiary/aromatic N) is 3. The minimum absolute atomic E-state index is 0.328. The standard InChI is InChI=1S/C7H8N4O2/c1-13-7-3-2-5-8-9-6(4-12)11(5)10-7/h2-4,10,12H,1H3/b6-4-. The van der Waals surface area contributed by atoms with Crippen molar-refractivity contribution in [3.63, 3.8) is 0 Å². The summed E-state index contributed by atoms with van der Waals surface area (Å²) in [6.07, 6.45) is 4.33. The smallest absolute Gasteiger partial charge is 0.210 e. The Balaban J connectivity index is 2.57. The second-order valence-electron chi connectivity index (χ2n) is 2.39. The van der Waals surface area contributed by atoms with Gasteiger partial charge in [-0.15, -0.1) is 10.2 Å². The van der Waals surface area contributed by atoms with Gasteiger partial charge in [-0.3, -0.25) is 5.43 Å². The molecule has 0 fully saturated rings. The number of allylic oxidation sites excluding steroid dienone is 1. The number of hydrogen-bond acceptors (Lipinski definition) is 5. The van der Waals surface area contributed by atoms with Crippen LogP contribution in [0.5, 0.6) is 0 Å². The highest BCUT2D eigenvalue weighted by atomic mass is 16.5. The summed E-state index contributed by atoms with van der Waals surface area (Å²) in [6.45, 7) is 0. The second-order valence-corrected chi connectivity index (χ2v) is 2.39. The molecule has 0 aliphatic carbocycles. The maximum atomic E-state index is 8.78. The van der Waals surface area contributed by atoms with Crippen molar-refractivity contribution in [3.8, 4) is 0 Å². The summed E-state index contributed by atoms with van der Waals surface area (Å²) < 4.78 is 6.48. The van der Waals surface area contributed by atoms with Crippen molar-refractivity contribution in [1.82, 2.24) is 14.9 Å². The number of aliphatic hydroxyl groups excluding tert-OH is 1. The zero-order valence-corrected chi connectivity index (χ0v) is 6.93. The Hall–Kier alpha value is -1.98. The lowest BCUT2D eigenvalue weighted by Crippen LogP contribution is -2.38. The molecule has 1 aromatic rings. The quantitative estimate of drug-likeness (QED) is 0.544. The van der Waals surface area contributed by atoms with Crippen molar-refractivity contribution in [2.24, 2.45) is 0 Å². The summed E-state index contributed by atoms with van der Waals surface area (Å²) in [4.78, 5) is 0. The number of rotatable bonds is 1. The van der Waals surface area contributed by atoms with Crippen LogP contribution in [-0.4, -0.2) is 27.1 Å². The third kappa shape index (κ3) is 1.12. The van der Waals surface area contributed by atoms with Crippen LogP contribution in [-0.2, 0) is 4.74 Å². The first kappa shape index (κ1) is 7.66.